The maximum atomic E-state index is 12.2. The average Bonchev–Trinajstić information content (AvgIpc) is 2.96. The molecule has 0 bridgehead atoms. The predicted octanol–water partition coefficient (Wildman–Crippen LogP) is -0.636. The standard InChI is InChI=1S/C13H22N4O4S/c1-2-21-13(20)17-10(18)8-4-7-22-12(8)16-11(19)9-14-5-3-6-15-9/h8-9,12,14-15H,2-7H2,1H3,(H,16,19)(H,17,18,20). The molecule has 2 rings (SSSR count). The number of hydrogen-bond donors (Lipinski definition) is 4. The number of ether oxygens (including phenoxy) is 1. The van der Waals surface area contributed by atoms with Crippen LogP contribution in [-0.4, -0.2) is 54.9 Å². The lowest BCUT2D eigenvalue weighted by Crippen LogP contribution is -2.59. The van der Waals surface area contributed by atoms with Crippen LogP contribution in [0.25, 0.3) is 0 Å². The maximum Gasteiger partial charge on any atom is 0.413 e. The molecule has 2 heterocycles. The molecule has 2 atom stereocenters. The van der Waals surface area contributed by atoms with Crippen molar-refractivity contribution in [3.05, 3.63) is 0 Å². The van der Waals surface area contributed by atoms with Crippen LogP contribution in [0.2, 0.25) is 0 Å². The summed E-state index contributed by atoms with van der Waals surface area (Å²) in [4.78, 5) is 35.6. The first-order valence-corrected chi connectivity index (χ1v) is 8.53. The summed E-state index contributed by atoms with van der Waals surface area (Å²) in [5, 5.41) is 10.9. The molecule has 0 aromatic carbocycles. The van der Waals surface area contributed by atoms with Gasteiger partial charge in [0.25, 0.3) is 5.91 Å². The Bertz CT molecular complexity index is 428. The first-order valence-electron chi connectivity index (χ1n) is 7.48. The topological polar surface area (TPSA) is 109 Å². The van der Waals surface area contributed by atoms with Gasteiger partial charge in [0.1, 0.15) is 6.17 Å². The molecule has 0 aliphatic carbocycles. The first kappa shape index (κ1) is 17.0. The summed E-state index contributed by atoms with van der Waals surface area (Å²) in [5.41, 5.74) is 0. The zero-order valence-electron chi connectivity index (χ0n) is 12.5. The van der Waals surface area contributed by atoms with Gasteiger partial charge in [0.2, 0.25) is 5.91 Å². The van der Waals surface area contributed by atoms with Gasteiger partial charge in [-0.05, 0) is 38.6 Å². The maximum absolute atomic E-state index is 12.2. The van der Waals surface area contributed by atoms with Crippen molar-refractivity contribution in [3.8, 4) is 0 Å². The van der Waals surface area contributed by atoms with E-state index in [1.54, 1.807) is 6.92 Å². The summed E-state index contributed by atoms with van der Waals surface area (Å²) < 4.78 is 4.70. The van der Waals surface area contributed by atoms with Crippen LogP contribution < -0.4 is 21.3 Å². The number of thioether (sulfide) groups is 1. The van der Waals surface area contributed by atoms with Crippen molar-refractivity contribution >= 4 is 29.7 Å². The van der Waals surface area contributed by atoms with E-state index in [4.69, 9.17) is 4.74 Å². The fraction of sp³-hybridized carbons (Fsp3) is 0.769. The Balaban J connectivity index is 1.85. The molecule has 0 aromatic heterocycles. The number of amides is 3. The molecule has 0 saturated carbocycles. The fourth-order valence-electron chi connectivity index (χ4n) is 2.42. The van der Waals surface area contributed by atoms with Gasteiger partial charge in [-0.3, -0.25) is 25.5 Å². The van der Waals surface area contributed by atoms with Crippen molar-refractivity contribution in [3.63, 3.8) is 0 Å². The molecule has 8 nitrogen and oxygen atoms in total. The molecule has 2 aliphatic heterocycles. The minimum absolute atomic E-state index is 0.173. The van der Waals surface area contributed by atoms with E-state index in [9.17, 15) is 14.4 Å². The van der Waals surface area contributed by atoms with E-state index in [0.717, 1.165) is 25.3 Å². The predicted molar refractivity (Wildman–Crippen MR) is 82.1 cm³/mol. The van der Waals surface area contributed by atoms with Gasteiger partial charge in [0.05, 0.1) is 17.9 Å². The minimum Gasteiger partial charge on any atom is -0.450 e. The van der Waals surface area contributed by atoms with E-state index >= 15 is 0 Å². The summed E-state index contributed by atoms with van der Waals surface area (Å²) in [5.74, 6) is -0.245. The third kappa shape index (κ3) is 4.59. The molecule has 0 radical (unpaired) electrons. The molecule has 9 heteroatoms. The highest BCUT2D eigenvalue weighted by Gasteiger charge is 2.36. The molecular weight excluding hydrogens is 308 g/mol. The highest BCUT2D eigenvalue weighted by atomic mass is 32.2. The third-order valence-electron chi connectivity index (χ3n) is 3.53. The summed E-state index contributed by atoms with van der Waals surface area (Å²) in [7, 11) is 0. The van der Waals surface area contributed by atoms with Crippen LogP contribution in [0.5, 0.6) is 0 Å². The molecule has 2 saturated heterocycles. The first-order chi connectivity index (χ1) is 10.6. The number of hydrogen-bond acceptors (Lipinski definition) is 7. The van der Waals surface area contributed by atoms with Crippen LogP contribution in [0.1, 0.15) is 19.8 Å². The minimum atomic E-state index is -0.745. The van der Waals surface area contributed by atoms with E-state index in [1.165, 1.54) is 11.8 Å². The van der Waals surface area contributed by atoms with E-state index in [2.05, 4.69) is 21.3 Å². The number of imide groups is 1. The van der Waals surface area contributed by atoms with Gasteiger partial charge in [-0.15, -0.1) is 11.8 Å². The van der Waals surface area contributed by atoms with E-state index in [-0.39, 0.29) is 17.9 Å². The molecule has 22 heavy (non-hydrogen) atoms. The van der Waals surface area contributed by atoms with Crippen molar-refractivity contribution < 1.29 is 19.1 Å². The van der Waals surface area contributed by atoms with Gasteiger partial charge in [-0.2, -0.15) is 0 Å². The molecule has 0 aromatic rings. The number of nitrogens with one attached hydrogen (secondary N) is 4. The molecule has 4 N–H and O–H groups in total. The van der Waals surface area contributed by atoms with Gasteiger partial charge >= 0.3 is 6.09 Å². The van der Waals surface area contributed by atoms with E-state index < -0.39 is 24.1 Å². The van der Waals surface area contributed by atoms with Crippen LogP contribution in [-0.2, 0) is 14.3 Å². The normalized spacial score (nSPS) is 25.5. The van der Waals surface area contributed by atoms with Crippen molar-refractivity contribution in [1.29, 1.82) is 0 Å². The number of carbonyl (C=O) groups is 3. The highest BCUT2D eigenvalue weighted by Crippen LogP contribution is 2.30. The second kappa shape index (κ2) is 8.35. The third-order valence-corrected chi connectivity index (χ3v) is 4.80. The van der Waals surface area contributed by atoms with Crippen molar-refractivity contribution in [1.82, 2.24) is 21.3 Å². The highest BCUT2D eigenvalue weighted by molar-refractivity contribution is 8.00. The molecule has 124 valence electrons. The van der Waals surface area contributed by atoms with E-state index in [1.807, 2.05) is 0 Å². The van der Waals surface area contributed by atoms with Crippen LogP contribution in [0.4, 0.5) is 4.79 Å². The Kier molecular flexibility index (Phi) is 6.47. The van der Waals surface area contributed by atoms with Gasteiger partial charge in [-0.1, -0.05) is 0 Å². The summed E-state index contributed by atoms with van der Waals surface area (Å²) in [6, 6.07) is 0. The Morgan fingerprint density at radius 2 is 1.95 bits per heavy atom. The monoisotopic (exact) mass is 330 g/mol. The van der Waals surface area contributed by atoms with E-state index in [0.29, 0.717) is 6.42 Å². The molecule has 0 spiro atoms. The zero-order valence-corrected chi connectivity index (χ0v) is 13.3. The zero-order chi connectivity index (χ0) is 15.9. The van der Waals surface area contributed by atoms with Gasteiger partial charge in [0, 0.05) is 0 Å². The summed E-state index contributed by atoms with van der Waals surface area (Å²) in [6.45, 7) is 3.45. The van der Waals surface area contributed by atoms with Crippen molar-refractivity contribution in [2.24, 2.45) is 5.92 Å². The second-order valence-electron chi connectivity index (χ2n) is 5.10. The molecule has 3 amide bonds. The van der Waals surface area contributed by atoms with Gasteiger partial charge < -0.3 is 10.1 Å². The number of carbonyl (C=O) groups excluding carboxylic acids is 3. The SMILES string of the molecule is CCOC(=O)NC(=O)C1CCSC1NC(=O)C1NCCCN1. The summed E-state index contributed by atoms with van der Waals surface area (Å²) in [6.07, 6.45) is 0.424. The quantitative estimate of drug-likeness (QED) is 0.543. The number of alkyl carbamates (subject to hydrolysis) is 1. The van der Waals surface area contributed by atoms with Crippen molar-refractivity contribution in [2.45, 2.75) is 31.3 Å². The second-order valence-corrected chi connectivity index (χ2v) is 6.35. The van der Waals surface area contributed by atoms with Crippen LogP contribution >= 0.6 is 11.8 Å². The smallest absolute Gasteiger partial charge is 0.413 e. The average molecular weight is 330 g/mol. The van der Waals surface area contributed by atoms with Crippen LogP contribution in [0.3, 0.4) is 0 Å². The molecule has 2 aliphatic rings. The van der Waals surface area contributed by atoms with Gasteiger partial charge in [0.15, 0.2) is 0 Å². The molecule has 2 fully saturated rings. The van der Waals surface area contributed by atoms with Crippen molar-refractivity contribution in [2.75, 3.05) is 25.4 Å². The van der Waals surface area contributed by atoms with Crippen LogP contribution in [0.15, 0.2) is 0 Å². The Labute approximate surface area is 133 Å². The lowest BCUT2D eigenvalue weighted by Gasteiger charge is -2.27. The Hall–Kier alpha value is -1.32. The number of rotatable bonds is 4. The molecular formula is C13H22N4O4S. The lowest BCUT2D eigenvalue weighted by atomic mass is 10.1. The Morgan fingerprint density at radius 3 is 2.64 bits per heavy atom. The van der Waals surface area contributed by atoms with Crippen LogP contribution in [0, 0.1) is 5.92 Å². The lowest BCUT2D eigenvalue weighted by molar-refractivity contribution is -0.126. The van der Waals surface area contributed by atoms with Gasteiger partial charge in [-0.25, -0.2) is 4.79 Å². The Morgan fingerprint density at radius 1 is 1.23 bits per heavy atom. The largest absolute Gasteiger partial charge is 0.450 e. The molecule has 2 unspecified atom stereocenters. The summed E-state index contributed by atoms with van der Waals surface area (Å²) >= 11 is 1.51. The fourth-order valence-corrected chi connectivity index (χ4v) is 3.76.